The SMILES string of the molecule is Fc1ccc(NCc2csc(Br)c2)cn1. The number of halogens is 2. The molecule has 0 spiro atoms. The summed E-state index contributed by atoms with van der Waals surface area (Å²) in [6.07, 6.45) is 1.48. The molecular formula is C10H8BrFN2S. The van der Waals surface area contributed by atoms with Gasteiger partial charge >= 0.3 is 0 Å². The van der Waals surface area contributed by atoms with Gasteiger partial charge in [-0.1, -0.05) is 0 Å². The van der Waals surface area contributed by atoms with Gasteiger partial charge < -0.3 is 5.32 Å². The minimum atomic E-state index is -0.459. The van der Waals surface area contributed by atoms with E-state index in [0.717, 1.165) is 16.0 Å². The van der Waals surface area contributed by atoms with Gasteiger partial charge in [-0.05, 0) is 45.1 Å². The molecule has 0 aliphatic heterocycles. The number of rotatable bonds is 3. The van der Waals surface area contributed by atoms with Crippen molar-refractivity contribution in [3.05, 3.63) is 45.1 Å². The van der Waals surface area contributed by atoms with Crippen molar-refractivity contribution in [2.75, 3.05) is 5.32 Å². The Labute approximate surface area is 99.3 Å². The van der Waals surface area contributed by atoms with Crippen LogP contribution in [0.1, 0.15) is 5.56 Å². The average Bonchev–Trinajstić information content (AvgIpc) is 2.64. The molecule has 0 bridgehead atoms. The van der Waals surface area contributed by atoms with Crippen LogP contribution in [0.3, 0.4) is 0 Å². The lowest BCUT2D eigenvalue weighted by Gasteiger charge is -2.03. The summed E-state index contributed by atoms with van der Waals surface area (Å²) in [6.45, 7) is 0.718. The standard InChI is InChI=1S/C10H8BrFN2S/c11-9-3-7(6-15-9)4-13-8-1-2-10(12)14-5-8/h1-3,5-6,13H,4H2. The molecule has 0 radical (unpaired) electrons. The third-order valence-electron chi connectivity index (χ3n) is 1.85. The molecule has 0 atom stereocenters. The van der Waals surface area contributed by atoms with Gasteiger partial charge in [-0.3, -0.25) is 0 Å². The zero-order valence-electron chi connectivity index (χ0n) is 7.71. The Morgan fingerprint density at radius 3 is 2.93 bits per heavy atom. The lowest BCUT2D eigenvalue weighted by atomic mass is 10.3. The van der Waals surface area contributed by atoms with Crippen molar-refractivity contribution in [2.24, 2.45) is 0 Å². The fraction of sp³-hybridized carbons (Fsp3) is 0.100. The Kier molecular flexibility index (Phi) is 3.33. The van der Waals surface area contributed by atoms with E-state index in [9.17, 15) is 4.39 Å². The largest absolute Gasteiger partial charge is 0.380 e. The molecule has 0 unspecified atom stereocenters. The zero-order valence-corrected chi connectivity index (χ0v) is 10.1. The molecule has 0 saturated carbocycles. The summed E-state index contributed by atoms with van der Waals surface area (Å²) in [5.74, 6) is -0.459. The fourth-order valence-electron chi connectivity index (χ4n) is 1.12. The Hall–Kier alpha value is -0.940. The molecule has 2 nitrogen and oxygen atoms in total. The van der Waals surface area contributed by atoms with Gasteiger partial charge in [0.1, 0.15) is 0 Å². The second kappa shape index (κ2) is 4.72. The number of nitrogens with zero attached hydrogens (tertiary/aromatic N) is 1. The van der Waals surface area contributed by atoms with E-state index in [1.54, 1.807) is 17.4 Å². The van der Waals surface area contributed by atoms with Crippen molar-refractivity contribution >= 4 is 33.0 Å². The first kappa shape index (κ1) is 10.6. The van der Waals surface area contributed by atoms with Gasteiger partial charge in [-0.2, -0.15) is 4.39 Å². The number of hydrogen-bond donors (Lipinski definition) is 1. The molecule has 2 heterocycles. The van der Waals surface area contributed by atoms with Gasteiger partial charge in [0, 0.05) is 6.54 Å². The second-order valence-corrected chi connectivity index (χ2v) is 5.27. The monoisotopic (exact) mass is 286 g/mol. The van der Waals surface area contributed by atoms with Gasteiger partial charge in [0.25, 0.3) is 0 Å². The third-order valence-corrected chi connectivity index (χ3v) is 3.40. The Morgan fingerprint density at radius 2 is 2.33 bits per heavy atom. The summed E-state index contributed by atoms with van der Waals surface area (Å²) in [5, 5.41) is 5.22. The summed E-state index contributed by atoms with van der Waals surface area (Å²) in [6, 6.07) is 5.06. The molecule has 0 fully saturated rings. The predicted octanol–water partition coefficient (Wildman–Crippen LogP) is 3.66. The minimum absolute atomic E-state index is 0.459. The topological polar surface area (TPSA) is 24.9 Å². The van der Waals surface area contributed by atoms with Crippen LogP contribution in [-0.4, -0.2) is 4.98 Å². The van der Waals surface area contributed by atoms with Crippen molar-refractivity contribution in [3.8, 4) is 0 Å². The van der Waals surface area contributed by atoms with E-state index in [2.05, 4.69) is 37.7 Å². The Morgan fingerprint density at radius 1 is 1.47 bits per heavy atom. The van der Waals surface area contributed by atoms with Crippen LogP contribution >= 0.6 is 27.3 Å². The van der Waals surface area contributed by atoms with Gasteiger partial charge in [0.05, 0.1) is 15.7 Å². The molecule has 2 rings (SSSR count). The molecule has 5 heteroatoms. The second-order valence-electron chi connectivity index (χ2n) is 2.98. The van der Waals surface area contributed by atoms with Gasteiger partial charge in [0.2, 0.25) is 5.95 Å². The highest BCUT2D eigenvalue weighted by atomic mass is 79.9. The number of hydrogen-bond acceptors (Lipinski definition) is 3. The summed E-state index contributed by atoms with van der Waals surface area (Å²) >= 11 is 5.04. The van der Waals surface area contributed by atoms with Crippen LogP contribution in [-0.2, 0) is 6.54 Å². The van der Waals surface area contributed by atoms with Crippen LogP contribution < -0.4 is 5.32 Å². The number of nitrogens with one attached hydrogen (secondary N) is 1. The maximum Gasteiger partial charge on any atom is 0.212 e. The molecule has 78 valence electrons. The highest BCUT2D eigenvalue weighted by molar-refractivity contribution is 9.11. The van der Waals surface area contributed by atoms with E-state index < -0.39 is 5.95 Å². The van der Waals surface area contributed by atoms with Crippen LogP contribution in [0.5, 0.6) is 0 Å². The maximum absolute atomic E-state index is 12.5. The minimum Gasteiger partial charge on any atom is -0.380 e. The van der Waals surface area contributed by atoms with E-state index in [0.29, 0.717) is 0 Å². The smallest absolute Gasteiger partial charge is 0.212 e. The molecule has 0 amide bonds. The third kappa shape index (κ3) is 3.00. The van der Waals surface area contributed by atoms with Crippen LogP contribution in [0.2, 0.25) is 0 Å². The summed E-state index contributed by atoms with van der Waals surface area (Å²) < 4.78 is 13.6. The number of anilines is 1. The van der Waals surface area contributed by atoms with E-state index in [1.165, 1.54) is 17.8 Å². The first-order valence-corrected chi connectivity index (χ1v) is 5.99. The molecule has 0 aliphatic rings. The van der Waals surface area contributed by atoms with Crippen molar-refractivity contribution < 1.29 is 4.39 Å². The Bertz CT molecular complexity index is 441. The van der Waals surface area contributed by atoms with Gasteiger partial charge in [0.15, 0.2) is 0 Å². The number of thiophene rings is 1. The first-order valence-electron chi connectivity index (χ1n) is 4.32. The lowest BCUT2D eigenvalue weighted by Crippen LogP contribution is -1.98. The van der Waals surface area contributed by atoms with Crippen molar-refractivity contribution in [2.45, 2.75) is 6.54 Å². The van der Waals surface area contributed by atoms with Crippen molar-refractivity contribution in [1.82, 2.24) is 4.98 Å². The van der Waals surface area contributed by atoms with Crippen LogP contribution in [0.15, 0.2) is 33.6 Å². The quantitative estimate of drug-likeness (QED) is 0.871. The zero-order chi connectivity index (χ0) is 10.7. The molecule has 2 aromatic rings. The summed E-state index contributed by atoms with van der Waals surface area (Å²) in [7, 11) is 0. The highest BCUT2D eigenvalue weighted by Gasteiger charge is 1.98. The first-order chi connectivity index (χ1) is 7.24. The summed E-state index contributed by atoms with van der Waals surface area (Å²) in [4.78, 5) is 3.56. The van der Waals surface area contributed by atoms with Gasteiger partial charge in [-0.15, -0.1) is 11.3 Å². The highest BCUT2D eigenvalue weighted by Crippen LogP contribution is 2.21. The van der Waals surface area contributed by atoms with Crippen LogP contribution in [0, 0.1) is 5.95 Å². The summed E-state index contributed by atoms with van der Waals surface area (Å²) in [5.41, 5.74) is 2.01. The molecule has 0 aliphatic carbocycles. The van der Waals surface area contributed by atoms with E-state index in [1.807, 2.05) is 0 Å². The normalized spacial score (nSPS) is 10.3. The maximum atomic E-state index is 12.5. The molecule has 2 aromatic heterocycles. The number of pyridine rings is 1. The van der Waals surface area contributed by atoms with E-state index >= 15 is 0 Å². The Balaban J connectivity index is 1.96. The molecule has 0 aromatic carbocycles. The molecule has 1 N–H and O–H groups in total. The van der Waals surface area contributed by atoms with Gasteiger partial charge in [-0.25, -0.2) is 4.98 Å². The average molecular weight is 287 g/mol. The van der Waals surface area contributed by atoms with Crippen molar-refractivity contribution in [3.63, 3.8) is 0 Å². The fourth-order valence-corrected chi connectivity index (χ4v) is 2.33. The van der Waals surface area contributed by atoms with Crippen LogP contribution in [0.25, 0.3) is 0 Å². The predicted molar refractivity (Wildman–Crippen MR) is 63.5 cm³/mol. The van der Waals surface area contributed by atoms with E-state index in [4.69, 9.17) is 0 Å². The molecule has 0 saturated heterocycles. The van der Waals surface area contributed by atoms with Crippen LogP contribution in [0.4, 0.5) is 10.1 Å². The lowest BCUT2D eigenvalue weighted by molar-refractivity contribution is 0.584. The number of aromatic nitrogens is 1. The van der Waals surface area contributed by atoms with Crippen molar-refractivity contribution in [1.29, 1.82) is 0 Å². The molecule has 15 heavy (non-hydrogen) atoms. The van der Waals surface area contributed by atoms with E-state index in [-0.39, 0.29) is 0 Å². The molecular weight excluding hydrogens is 279 g/mol.